The minimum Gasteiger partial charge on any atom is -0.481 e. The van der Waals surface area contributed by atoms with Gasteiger partial charge in [-0.2, -0.15) is 4.98 Å². The van der Waals surface area contributed by atoms with Crippen LogP contribution in [0, 0.1) is 12.8 Å². The van der Waals surface area contributed by atoms with Crippen molar-refractivity contribution in [1.29, 1.82) is 0 Å². The number of methoxy groups -OCH3 is 1. The molecule has 1 aromatic rings. The lowest BCUT2D eigenvalue weighted by atomic mass is 10.0. The maximum Gasteiger partial charge on any atom is 0.233 e. The second kappa shape index (κ2) is 5.94. The van der Waals surface area contributed by atoms with E-state index in [2.05, 4.69) is 20.6 Å². The third-order valence-corrected chi connectivity index (χ3v) is 3.06. The van der Waals surface area contributed by atoms with Gasteiger partial charge in [0.1, 0.15) is 0 Å². The Morgan fingerprint density at radius 3 is 2.95 bits per heavy atom. The number of likely N-dealkylation sites (N-methyl/N-ethyl adjacent to an activating group) is 1. The molecule has 7 nitrogen and oxygen atoms in total. The number of carbonyl (C=O) groups excluding carboxylic acids is 1. The summed E-state index contributed by atoms with van der Waals surface area (Å²) >= 11 is 0. The Morgan fingerprint density at radius 2 is 2.26 bits per heavy atom. The van der Waals surface area contributed by atoms with E-state index >= 15 is 0 Å². The maximum absolute atomic E-state index is 12.1. The Balaban J connectivity index is 2.08. The van der Waals surface area contributed by atoms with Crippen LogP contribution in [0.2, 0.25) is 0 Å². The van der Waals surface area contributed by atoms with Gasteiger partial charge < -0.3 is 14.8 Å². The van der Waals surface area contributed by atoms with E-state index in [1.54, 1.807) is 6.07 Å². The first-order valence-electron chi connectivity index (χ1n) is 6.09. The van der Waals surface area contributed by atoms with E-state index in [0.717, 1.165) is 5.69 Å². The molecule has 1 aromatic heterocycles. The van der Waals surface area contributed by atoms with Gasteiger partial charge in [0, 0.05) is 17.8 Å². The standard InChI is InChI=1S/C12H18N4O3/c1-7-4-10(18-3)15-12(14-7)16-11(17)8-5-19-6-9(8)13-2/h4,8-9,13H,5-6H2,1-3H3,(H,14,15,16,17). The van der Waals surface area contributed by atoms with Crippen molar-refractivity contribution in [2.45, 2.75) is 13.0 Å². The number of rotatable bonds is 4. The SMILES string of the molecule is CNC1COCC1C(=O)Nc1nc(C)cc(OC)n1. The fourth-order valence-corrected chi connectivity index (χ4v) is 2.00. The van der Waals surface area contributed by atoms with Crippen molar-refractivity contribution in [2.24, 2.45) is 5.92 Å². The summed E-state index contributed by atoms with van der Waals surface area (Å²) in [6.07, 6.45) is 0. The van der Waals surface area contributed by atoms with Crippen LogP contribution >= 0.6 is 0 Å². The Bertz CT molecular complexity index is 466. The normalized spacial score (nSPS) is 22.3. The molecule has 2 N–H and O–H groups in total. The number of hydrogen-bond donors (Lipinski definition) is 2. The number of carbonyl (C=O) groups is 1. The van der Waals surface area contributed by atoms with E-state index in [1.807, 2.05) is 14.0 Å². The van der Waals surface area contributed by atoms with Crippen LogP contribution in [0.1, 0.15) is 5.69 Å². The fourth-order valence-electron chi connectivity index (χ4n) is 2.00. The van der Waals surface area contributed by atoms with Crippen LogP contribution in [0.3, 0.4) is 0 Å². The molecule has 7 heteroatoms. The van der Waals surface area contributed by atoms with Gasteiger partial charge in [0.25, 0.3) is 0 Å². The smallest absolute Gasteiger partial charge is 0.233 e. The first-order chi connectivity index (χ1) is 9.13. The third-order valence-electron chi connectivity index (χ3n) is 3.06. The molecular formula is C12H18N4O3. The number of hydrogen-bond acceptors (Lipinski definition) is 6. The maximum atomic E-state index is 12.1. The Morgan fingerprint density at radius 1 is 1.47 bits per heavy atom. The largest absolute Gasteiger partial charge is 0.481 e. The fraction of sp³-hybridized carbons (Fsp3) is 0.583. The number of aromatic nitrogens is 2. The van der Waals surface area contributed by atoms with Crippen molar-refractivity contribution >= 4 is 11.9 Å². The summed E-state index contributed by atoms with van der Waals surface area (Å²) in [5.41, 5.74) is 0.731. The van der Waals surface area contributed by atoms with Gasteiger partial charge >= 0.3 is 0 Å². The first-order valence-corrected chi connectivity index (χ1v) is 6.09. The number of amides is 1. The molecule has 1 fully saturated rings. The van der Waals surface area contributed by atoms with Gasteiger partial charge in [-0.05, 0) is 14.0 Å². The summed E-state index contributed by atoms with van der Waals surface area (Å²) in [4.78, 5) is 20.4. The molecule has 19 heavy (non-hydrogen) atoms. The molecule has 1 aliphatic heterocycles. The molecule has 2 unspecified atom stereocenters. The molecule has 2 rings (SSSR count). The summed E-state index contributed by atoms with van der Waals surface area (Å²) in [6, 6.07) is 1.72. The lowest BCUT2D eigenvalue weighted by Crippen LogP contribution is -2.39. The minimum atomic E-state index is -0.236. The van der Waals surface area contributed by atoms with E-state index in [-0.39, 0.29) is 23.8 Å². The highest BCUT2D eigenvalue weighted by molar-refractivity contribution is 5.91. The van der Waals surface area contributed by atoms with E-state index in [9.17, 15) is 4.79 Å². The van der Waals surface area contributed by atoms with Crippen LogP contribution in [0.4, 0.5) is 5.95 Å². The van der Waals surface area contributed by atoms with Crippen molar-refractivity contribution < 1.29 is 14.3 Å². The average Bonchev–Trinajstić information content (AvgIpc) is 2.86. The topological polar surface area (TPSA) is 85.4 Å². The molecule has 1 aliphatic rings. The van der Waals surface area contributed by atoms with Crippen molar-refractivity contribution in [3.63, 3.8) is 0 Å². The predicted octanol–water partition coefficient (Wildman–Crippen LogP) is -0.0335. The number of ether oxygens (including phenoxy) is 2. The highest BCUT2D eigenvalue weighted by atomic mass is 16.5. The minimum absolute atomic E-state index is 0.0201. The highest BCUT2D eigenvalue weighted by Crippen LogP contribution is 2.17. The lowest BCUT2D eigenvalue weighted by molar-refractivity contribution is -0.120. The zero-order valence-corrected chi connectivity index (χ0v) is 11.3. The summed E-state index contributed by atoms with van der Waals surface area (Å²) in [5, 5.41) is 5.77. The van der Waals surface area contributed by atoms with Crippen LogP contribution in [0.25, 0.3) is 0 Å². The second-order valence-corrected chi connectivity index (χ2v) is 4.40. The molecule has 0 aromatic carbocycles. The summed E-state index contributed by atoms with van der Waals surface area (Å²) in [5.74, 6) is 0.295. The van der Waals surface area contributed by atoms with Crippen molar-refractivity contribution in [1.82, 2.24) is 15.3 Å². The predicted molar refractivity (Wildman–Crippen MR) is 69.1 cm³/mol. The van der Waals surface area contributed by atoms with Gasteiger partial charge in [-0.25, -0.2) is 4.98 Å². The van der Waals surface area contributed by atoms with E-state index in [4.69, 9.17) is 9.47 Å². The van der Waals surface area contributed by atoms with Crippen LogP contribution < -0.4 is 15.4 Å². The van der Waals surface area contributed by atoms with Gasteiger partial charge in [0.05, 0.1) is 26.2 Å². The molecular weight excluding hydrogens is 248 g/mol. The van der Waals surface area contributed by atoms with Crippen LogP contribution in [-0.4, -0.2) is 49.3 Å². The van der Waals surface area contributed by atoms with Crippen LogP contribution in [0.5, 0.6) is 5.88 Å². The second-order valence-electron chi connectivity index (χ2n) is 4.40. The summed E-state index contributed by atoms with van der Waals surface area (Å²) in [6.45, 7) is 2.75. The zero-order valence-electron chi connectivity index (χ0n) is 11.3. The first kappa shape index (κ1) is 13.7. The number of aryl methyl sites for hydroxylation is 1. The lowest BCUT2D eigenvalue weighted by Gasteiger charge is -2.15. The molecule has 0 saturated carbocycles. The van der Waals surface area contributed by atoms with Crippen molar-refractivity contribution in [3.05, 3.63) is 11.8 Å². The molecule has 0 radical (unpaired) electrons. The third kappa shape index (κ3) is 3.18. The Hall–Kier alpha value is -1.73. The van der Waals surface area contributed by atoms with Gasteiger partial charge in [0.15, 0.2) is 0 Å². The number of anilines is 1. The molecule has 0 aliphatic carbocycles. The number of nitrogens with one attached hydrogen (secondary N) is 2. The van der Waals surface area contributed by atoms with Crippen molar-refractivity contribution in [3.8, 4) is 5.88 Å². The molecule has 1 saturated heterocycles. The van der Waals surface area contributed by atoms with E-state index < -0.39 is 0 Å². The van der Waals surface area contributed by atoms with Crippen LogP contribution in [0.15, 0.2) is 6.07 Å². The summed E-state index contributed by atoms with van der Waals surface area (Å²) < 4.78 is 10.3. The van der Waals surface area contributed by atoms with Crippen molar-refractivity contribution in [2.75, 3.05) is 32.7 Å². The molecule has 0 bridgehead atoms. The average molecular weight is 266 g/mol. The molecule has 1 amide bonds. The molecule has 104 valence electrons. The van der Waals surface area contributed by atoms with Crippen LogP contribution in [-0.2, 0) is 9.53 Å². The molecule has 0 spiro atoms. The van der Waals surface area contributed by atoms with Gasteiger partial charge in [-0.15, -0.1) is 0 Å². The number of nitrogens with zero attached hydrogens (tertiary/aromatic N) is 2. The highest BCUT2D eigenvalue weighted by Gasteiger charge is 2.33. The zero-order chi connectivity index (χ0) is 13.8. The van der Waals surface area contributed by atoms with E-state index in [0.29, 0.717) is 19.1 Å². The summed E-state index contributed by atoms with van der Waals surface area (Å²) in [7, 11) is 3.33. The monoisotopic (exact) mass is 266 g/mol. The Labute approximate surface area is 111 Å². The van der Waals surface area contributed by atoms with Gasteiger partial charge in [-0.1, -0.05) is 0 Å². The van der Waals surface area contributed by atoms with Gasteiger partial charge in [-0.3, -0.25) is 10.1 Å². The Kier molecular flexibility index (Phi) is 4.28. The molecule has 2 atom stereocenters. The molecule has 2 heterocycles. The quantitative estimate of drug-likeness (QED) is 0.796. The van der Waals surface area contributed by atoms with E-state index in [1.165, 1.54) is 7.11 Å². The van der Waals surface area contributed by atoms with Gasteiger partial charge in [0.2, 0.25) is 17.7 Å².